The highest BCUT2D eigenvalue weighted by molar-refractivity contribution is 9.10. The Morgan fingerprint density at radius 3 is 2.30 bits per heavy atom. The number of halogens is 1. The van der Waals surface area contributed by atoms with Crippen molar-refractivity contribution in [1.82, 2.24) is 0 Å². The fraction of sp³-hybridized carbons (Fsp3) is 0.294. The maximum Gasteiger partial charge on any atom is 0.232 e. The van der Waals surface area contributed by atoms with Gasteiger partial charge in [0.15, 0.2) is 0 Å². The highest BCUT2D eigenvalue weighted by Gasteiger charge is 2.09. The highest BCUT2D eigenvalue weighted by atomic mass is 79.9. The lowest BCUT2D eigenvalue weighted by molar-refractivity contribution is 0.598. The molecule has 2 N–H and O–H groups in total. The minimum absolute atomic E-state index is 0.153. The van der Waals surface area contributed by atoms with Crippen LogP contribution in [-0.4, -0.2) is 14.2 Å². The number of aryl methyl sites for hydroxylation is 1. The molecule has 2 aromatic rings. The van der Waals surface area contributed by atoms with E-state index in [1.165, 1.54) is 5.56 Å². The molecule has 0 saturated heterocycles. The van der Waals surface area contributed by atoms with Crippen LogP contribution in [0.5, 0.6) is 0 Å². The Morgan fingerprint density at radius 2 is 1.70 bits per heavy atom. The zero-order chi connectivity index (χ0) is 16.9. The van der Waals surface area contributed by atoms with Crippen molar-refractivity contribution in [3.8, 4) is 0 Å². The molecule has 0 aliphatic heterocycles. The first-order chi connectivity index (χ1) is 10.9. The molecule has 0 aliphatic carbocycles. The Labute approximate surface area is 146 Å². The molecular weight excluding hydrogens is 376 g/mol. The molecule has 0 aromatic heterocycles. The molecule has 0 aliphatic rings. The van der Waals surface area contributed by atoms with E-state index in [-0.39, 0.29) is 5.75 Å². The second-order valence-electron chi connectivity index (χ2n) is 5.46. The predicted octanol–water partition coefficient (Wildman–Crippen LogP) is 5.04. The van der Waals surface area contributed by atoms with Crippen molar-refractivity contribution in [2.75, 3.05) is 15.8 Å². The first kappa shape index (κ1) is 17.8. The molecule has 124 valence electrons. The number of nitrogens with one attached hydrogen (secondary N) is 2. The van der Waals surface area contributed by atoms with Crippen molar-refractivity contribution in [2.24, 2.45) is 0 Å². The van der Waals surface area contributed by atoms with E-state index in [4.69, 9.17) is 0 Å². The molecule has 23 heavy (non-hydrogen) atoms. The van der Waals surface area contributed by atoms with Crippen LogP contribution in [0.25, 0.3) is 0 Å². The summed E-state index contributed by atoms with van der Waals surface area (Å²) in [6.07, 6.45) is 1.52. The number of hydrogen-bond acceptors (Lipinski definition) is 3. The maximum atomic E-state index is 11.9. The fourth-order valence-electron chi connectivity index (χ4n) is 2.06. The van der Waals surface area contributed by atoms with Crippen molar-refractivity contribution in [2.45, 2.75) is 26.7 Å². The first-order valence-corrected chi connectivity index (χ1v) is 9.98. The third-order valence-electron chi connectivity index (χ3n) is 3.33. The van der Waals surface area contributed by atoms with Gasteiger partial charge in [-0.05, 0) is 71.2 Å². The van der Waals surface area contributed by atoms with Crippen molar-refractivity contribution in [1.29, 1.82) is 0 Å². The summed E-state index contributed by atoms with van der Waals surface area (Å²) in [6, 6.07) is 13.3. The van der Waals surface area contributed by atoms with E-state index in [9.17, 15) is 8.42 Å². The molecule has 0 heterocycles. The van der Waals surface area contributed by atoms with Gasteiger partial charge in [-0.2, -0.15) is 0 Å². The average Bonchev–Trinajstić information content (AvgIpc) is 2.50. The Hall–Kier alpha value is -1.53. The van der Waals surface area contributed by atoms with E-state index in [1.807, 2.05) is 44.2 Å². The lowest BCUT2D eigenvalue weighted by atomic mass is 10.2. The Morgan fingerprint density at radius 1 is 1.04 bits per heavy atom. The van der Waals surface area contributed by atoms with Gasteiger partial charge in [0.25, 0.3) is 0 Å². The van der Waals surface area contributed by atoms with Crippen LogP contribution in [0.2, 0.25) is 0 Å². The van der Waals surface area contributed by atoms with Crippen LogP contribution < -0.4 is 10.0 Å². The largest absolute Gasteiger partial charge is 0.355 e. The minimum atomic E-state index is -3.26. The summed E-state index contributed by atoms with van der Waals surface area (Å²) < 4.78 is 27.3. The molecule has 0 radical (unpaired) electrons. The first-order valence-electron chi connectivity index (χ1n) is 7.53. The van der Waals surface area contributed by atoms with Crippen LogP contribution in [-0.2, 0) is 10.0 Å². The fourth-order valence-corrected chi connectivity index (χ4v) is 3.92. The molecule has 0 spiro atoms. The normalized spacial score (nSPS) is 11.3. The number of unbranched alkanes of at least 4 members (excludes halogenated alkanes) is 1. The molecule has 2 aromatic carbocycles. The molecular formula is C17H21BrN2O2S. The lowest BCUT2D eigenvalue weighted by Gasteiger charge is -2.11. The molecule has 4 nitrogen and oxygen atoms in total. The summed E-state index contributed by atoms with van der Waals surface area (Å²) >= 11 is 3.53. The van der Waals surface area contributed by atoms with E-state index >= 15 is 0 Å². The van der Waals surface area contributed by atoms with E-state index in [1.54, 1.807) is 12.1 Å². The van der Waals surface area contributed by atoms with Crippen molar-refractivity contribution < 1.29 is 8.42 Å². The van der Waals surface area contributed by atoms with Crippen LogP contribution in [0.3, 0.4) is 0 Å². The van der Waals surface area contributed by atoms with Gasteiger partial charge in [-0.1, -0.05) is 19.4 Å². The summed E-state index contributed by atoms with van der Waals surface area (Å²) in [5.74, 6) is 0.153. The number of rotatable bonds is 7. The zero-order valence-corrected chi connectivity index (χ0v) is 15.7. The average molecular weight is 397 g/mol. The number of anilines is 3. The third kappa shape index (κ3) is 5.55. The molecule has 0 atom stereocenters. The summed E-state index contributed by atoms with van der Waals surface area (Å²) in [5.41, 5.74) is 3.62. The summed E-state index contributed by atoms with van der Waals surface area (Å²) in [5, 5.41) is 3.30. The van der Waals surface area contributed by atoms with Gasteiger partial charge in [0.1, 0.15) is 0 Å². The molecule has 0 bridgehead atoms. The lowest BCUT2D eigenvalue weighted by Crippen LogP contribution is -2.16. The second kappa shape index (κ2) is 7.84. The summed E-state index contributed by atoms with van der Waals surface area (Å²) in [6.45, 7) is 4.01. The topological polar surface area (TPSA) is 58.2 Å². The number of benzene rings is 2. The van der Waals surface area contributed by atoms with E-state index < -0.39 is 10.0 Å². The van der Waals surface area contributed by atoms with Crippen LogP contribution >= 0.6 is 15.9 Å². The molecule has 0 fully saturated rings. The Bertz CT molecular complexity index is 759. The van der Waals surface area contributed by atoms with E-state index in [2.05, 4.69) is 26.0 Å². The number of sulfonamides is 1. The van der Waals surface area contributed by atoms with Gasteiger partial charge >= 0.3 is 0 Å². The van der Waals surface area contributed by atoms with E-state index in [0.717, 1.165) is 22.3 Å². The molecule has 6 heteroatoms. The van der Waals surface area contributed by atoms with Crippen LogP contribution in [0, 0.1) is 6.92 Å². The van der Waals surface area contributed by atoms with Gasteiger partial charge in [-0.3, -0.25) is 4.72 Å². The Kier molecular flexibility index (Phi) is 6.07. The quantitative estimate of drug-likeness (QED) is 0.688. The molecule has 2 rings (SSSR count). The van der Waals surface area contributed by atoms with Crippen molar-refractivity contribution in [3.63, 3.8) is 0 Å². The van der Waals surface area contributed by atoms with Gasteiger partial charge in [0.05, 0.1) is 11.4 Å². The molecule has 0 unspecified atom stereocenters. The van der Waals surface area contributed by atoms with Gasteiger partial charge in [0.2, 0.25) is 10.0 Å². The van der Waals surface area contributed by atoms with Crippen LogP contribution in [0.1, 0.15) is 25.3 Å². The second-order valence-corrected chi connectivity index (χ2v) is 8.16. The van der Waals surface area contributed by atoms with E-state index in [0.29, 0.717) is 12.1 Å². The van der Waals surface area contributed by atoms with Gasteiger partial charge in [-0.25, -0.2) is 8.42 Å². The SMILES string of the molecule is CCCCS(=O)(=O)Nc1ccc(Nc2ccc(C)cc2Br)cc1. The summed E-state index contributed by atoms with van der Waals surface area (Å²) in [7, 11) is -3.26. The standard InChI is InChI=1S/C17H21BrN2O2S/c1-3-4-11-23(21,22)20-15-8-6-14(7-9-15)19-17-10-5-13(2)12-16(17)18/h5-10,12,19-20H,3-4,11H2,1-2H3. The summed E-state index contributed by atoms with van der Waals surface area (Å²) in [4.78, 5) is 0. The van der Waals surface area contributed by atoms with Gasteiger partial charge in [0, 0.05) is 15.8 Å². The minimum Gasteiger partial charge on any atom is -0.355 e. The smallest absolute Gasteiger partial charge is 0.232 e. The van der Waals surface area contributed by atoms with Crippen LogP contribution in [0.15, 0.2) is 46.9 Å². The highest BCUT2D eigenvalue weighted by Crippen LogP contribution is 2.27. The third-order valence-corrected chi connectivity index (χ3v) is 5.36. The van der Waals surface area contributed by atoms with Gasteiger partial charge < -0.3 is 5.32 Å². The van der Waals surface area contributed by atoms with Crippen molar-refractivity contribution in [3.05, 3.63) is 52.5 Å². The zero-order valence-electron chi connectivity index (χ0n) is 13.3. The Balaban J connectivity index is 2.05. The predicted molar refractivity (Wildman–Crippen MR) is 101 cm³/mol. The molecule has 0 amide bonds. The monoisotopic (exact) mass is 396 g/mol. The van der Waals surface area contributed by atoms with Gasteiger partial charge in [-0.15, -0.1) is 0 Å². The van der Waals surface area contributed by atoms with Crippen molar-refractivity contribution >= 4 is 43.0 Å². The molecule has 0 saturated carbocycles. The van der Waals surface area contributed by atoms with Crippen LogP contribution in [0.4, 0.5) is 17.1 Å². The maximum absolute atomic E-state index is 11.9. The number of hydrogen-bond donors (Lipinski definition) is 2.